The zero-order valence-electron chi connectivity index (χ0n) is 10.9. The van der Waals surface area contributed by atoms with Crippen LogP contribution < -0.4 is 10.6 Å². The molecule has 0 saturated carbocycles. The standard InChI is InChI=1S/C14H22N2O/c1-4-11(2)9-14(17)16-13-7-5-12(6-8-13)10-15-3/h5-8,11,15H,4,9-10H2,1-3H3,(H,16,17). The number of carbonyl (C=O) groups is 1. The first kappa shape index (κ1) is 13.7. The number of amides is 1. The van der Waals surface area contributed by atoms with Crippen molar-refractivity contribution in [1.82, 2.24) is 5.32 Å². The van der Waals surface area contributed by atoms with Gasteiger partial charge in [-0.25, -0.2) is 0 Å². The second-order valence-corrected chi connectivity index (χ2v) is 4.49. The van der Waals surface area contributed by atoms with E-state index >= 15 is 0 Å². The monoisotopic (exact) mass is 234 g/mol. The highest BCUT2D eigenvalue weighted by Crippen LogP contribution is 2.12. The summed E-state index contributed by atoms with van der Waals surface area (Å²) >= 11 is 0. The Morgan fingerprint density at radius 1 is 1.29 bits per heavy atom. The Bertz CT molecular complexity index is 346. The van der Waals surface area contributed by atoms with Crippen LogP contribution in [0.3, 0.4) is 0 Å². The smallest absolute Gasteiger partial charge is 0.224 e. The van der Waals surface area contributed by atoms with E-state index in [4.69, 9.17) is 0 Å². The van der Waals surface area contributed by atoms with Crippen LogP contribution >= 0.6 is 0 Å². The summed E-state index contributed by atoms with van der Waals surface area (Å²) in [6.07, 6.45) is 1.63. The minimum atomic E-state index is 0.0979. The van der Waals surface area contributed by atoms with Gasteiger partial charge in [-0.05, 0) is 30.7 Å². The fourth-order valence-electron chi connectivity index (χ4n) is 1.58. The lowest BCUT2D eigenvalue weighted by molar-refractivity contribution is -0.117. The fourth-order valence-corrected chi connectivity index (χ4v) is 1.58. The van der Waals surface area contributed by atoms with Gasteiger partial charge in [-0.15, -0.1) is 0 Å². The van der Waals surface area contributed by atoms with Crippen molar-refractivity contribution in [1.29, 1.82) is 0 Å². The van der Waals surface area contributed by atoms with E-state index in [-0.39, 0.29) is 5.91 Å². The maximum absolute atomic E-state index is 11.7. The molecule has 0 fully saturated rings. The van der Waals surface area contributed by atoms with Gasteiger partial charge in [0.2, 0.25) is 5.91 Å². The Kier molecular flexibility index (Phi) is 5.70. The van der Waals surface area contributed by atoms with Gasteiger partial charge < -0.3 is 10.6 Å². The van der Waals surface area contributed by atoms with Crippen molar-refractivity contribution < 1.29 is 4.79 Å². The molecule has 94 valence electrons. The molecule has 0 heterocycles. The van der Waals surface area contributed by atoms with Crippen molar-refractivity contribution in [3.8, 4) is 0 Å². The lowest BCUT2D eigenvalue weighted by Gasteiger charge is -2.09. The second-order valence-electron chi connectivity index (χ2n) is 4.49. The molecular weight excluding hydrogens is 212 g/mol. The lowest BCUT2D eigenvalue weighted by Crippen LogP contribution is -2.14. The van der Waals surface area contributed by atoms with Crippen LogP contribution in [-0.4, -0.2) is 13.0 Å². The molecule has 0 saturated heterocycles. The molecule has 17 heavy (non-hydrogen) atoms. The van der Waals surface area contributed by atoms with Crippen LogP contribution in [0.4, 0.5) is 5.69 Å². The number of hydrogen-bond acceptors (Lipinski definition) is 2. The average molecular weight is 234 g/mol. The predicted octanol–water partition coefficient (Wildman–Crippen LogP) is 2.78. The van der Waals surface area contributed by atoms with Crippen LogP contribution in [-0.2, 0) is 11.3 Å². The fraction of sp³-hybridized carbons (Fsp3) is 0.500. The van der Waals surface area contributed by atoms with Gasteiger partial charge in [-0.3, -0.25) is 4.79 Å². The highest BCUT2D eigenvalue weighted by molar-refractivity contribution is 5.90. The molecular formula is C14H22N2O. The van der Waals surface area contributed by atoms with Gasteiger partial charge in [-0.1, -0.05) is 32.4 Å². The first-order valence-corrected chi connectivity index (χ1v) is 6.19. The molecule has 0 bridgehead atoms. The number of rotatable bonds is 6. The van der Waals surface area contributed by atoms with Crippen molar-refractivity contribution in [3.05, 3.63) is 29.8 Å². The van der Waals surface area contributed by atoms with E-state index in [0.29, 0.717) is 12.3 Å². The first-order chi connectivity index (χ1) is 8.15. The highest BCUT2D eigenvalue weighted by Gasteiger charge is 2.07. The van der Waals surface area contributed by atoms with E-state index in [0.717, 1.165) is 18.7 Å². The van der Waals surface area contributed by atoms with Gasteiger partial charge in [-0.2, -0.15) is 0 Å². The van der Waals surface area contributed by atoms with E-state index in [1.165, 1.54) is 5.56 Å². The van der Waals surface area contributed by atoms with Gasteiger partial charge in [0, 0.05) is 18.7 Å². The van der Waals surface area contributed by atoms with Gasteiger partial charge in [0.25, 0.3) is 0 Å². The minimum Gasteiger partial charge on any atom is -0.326 e. The minimum absolute atomic E-state index is 0.0979. The first-order valence-electron chi connectivity index (χ1n) is 6.19. The van der Waals surface area contributed by atoms with Crippen LogP contribution in [0.15, 0.2) is 24.3 Å². The summed E-state index contributed by atoms with van der Waals surface area (Å²) in [6.45, 7) is 5.04. The summed E-state index contributed by atoms with van der Waals surface area (Å²) in [5.41, 5.74) is 2.09. The van der Waals surface area contributed by atoms with Crippen LogP contribution in [0.5, 0.6) is 0 Å². The molecule has 1 aromatic rings. The molecule has 0 radical (unpaired) electrons. The van der Waals surface area contributed by atoms with Crippen LogP contribution in [0.25, 0.3) is 0 Å². The molecule has 0 spiro atoms. The van der Waals surface area contributed by atoms with E-state index in [2.05, 4.69) is 24.5 Å². The van der Waals surface area contributed by atoms with Crippen molar-refractivity contribution in [3.63, 3.8) is 0 Å². The summed E-state index contributed by atoms with van der Waals surface area (Å²) < 4.78 is 0. The number of carbonyl (C=O) groups excluding carboxylic acids is 1. The number of nitrogens with one attached hydrogen (secondary N) is 2. The number of anilines is 1. The molecule has 0 aliphatic heterocycles. The third kappa shape index (κ3) is 5.00. The largest absolute Gasteiger partial charge is 0.326 e. The highest BCUT2D eigenvalue weighted by atomic mass is 16.1. The van der Waals surface area contributed by atoms with Crippen molar-refractivity contribution in [2.24, 2.45) is 5.92 Å². The molecule has 1 atom stereocenters. The predicted molar refractivity (Wildman–Crippen MR) is 71.9 cm³/mol. The van der Waals surface area contributed by atoms with Gasteiger partial charge in [0.05, 0.1) is 0 Å². The molecule has 0 aliphatic rings. The average Bonchev–Trinajstić information content (AvgIpc) is 2.31. The van der Waals surface area contributed by atoms with Crippen molar-refractivity contribution >= 4 is 11.6 Å². The molecule has 1 amide bonds. The topological polar surface area (TPSA) is 41.1 Å². The quantitative estimate of drug-likeness (QED) is 0.794. The molecule has 0 aliphatic carbocycles. The summed E-state index contributed by atoms with van der Waals surface area (Å²) in [4.78, 5) is 11.7. The zero-order valence-corrected chi connectivity index (χ0v) is 10.9. The number of hydrogen-bond donors (Lipinski definition) is 2. The van der Waals surface area contributed by atoms with E-state index in [9.17, 15) is 4.79 Å². The van der Waals surface area contributed by atoms with Crippen molar-refractivity contribution in [2.75, 3.05) is 12.4 Å². The van der Waals surface area contributed by atoms with E-state index in [1.54, 1.807) is 0 Å². The van der Waals surface area contributed by atoms with Crippen LogP contribution in [0.1, 0.15) is 32.3 Å². The van der Waals surface area contributed by atoms with Crippen LogP contribution in [0, 0.1) is 5.92 Å². The van der Waals surface area contributed by atoms with E-state index < -0.39 is 0 Å². The van der Waals surface area contributed by atoms with Gasteiger partial charge in [0.15, 0.2) is 0 Å². The summed E-state index contributed by atoms with van der Waals surface area (Å²) in [6, 6.07) is 7.94. The zero-order chi connectivity index (χ0) is 12.7. The Morgan fingerprint density at radius 2 is 1.94 bits per heavy atom. The summed E-state index contributed by atoms with van der Waals surface area (Å²) in [5, 5.41) is 6.01. The third-order valence-electron chi connectivity index (χ3n) is 2.85. The summed E-state index contributed by atoms with van der Waals surface area (Å²) in [5.74, 6) is 0.541. The molecule has 3 heteroatoms. The Morgan fingerprint density at radius 3 is 2.47 bits per heavy atom. The SMILES string of the molecule is CCC(C)CC(=O)Nc1ccc(CNC)cc1. The number of benzene rings is 1. The van der Waals surface area contributed by atoms with E-state index in [1.807, 2.05) is 31.3 Å². The summed E-state index contributed by atoms with van der Waals surface area (Å²) in [7, 11) is 1.92. The second kappa shape index (κ2) is 7.07. The normalized spacial score (nSPS) is 12.2. The maximum Gasteiger partial charge on any atom is 0.224 e. The van der Waals surface area contributed by atoms with Gasteiger partial charge in [0.1, 0.15) is 0 Å². The molecule has 0 aromatic heterocycles. The van der Waals surface area contributed by atoms with Gasteiger partial charge >= 0.3 is 0 Å². The van der Waals surface area contributed by atoms with Crippen LogP contribution in [0.2, 0.25) is 0 Å². The lowest BCUT2D eigenvalue weighted by atomic mass is 10.0. The Labute approximate surface area is 104 Å². The molecule has 1 aromatic carbocycles. The molecule has 2 N–H and O–H groups in total. The Hall–Kier alpha value is -1.35. The molecule has 3 nitrogen and oxygen atoms in total. The molecule has 1 rings (SSSR count). The Balaban J connectivity index is 2.48. The van der Waals surface area contributed by atoms with Crippen molar-refractivity contribution in [2.45, 2.75) is 33.2 Å². The maximum atomic E-state index is 11.7. The molecule has 1 unspecified atom stereocenters. The third-order valence-corrected chi connectivity index (χ3v) is 2.85.